The molecule has 2 amide bonds. The third-order valence-electron chi connectivity index (χ3n) is 9.02. The van der Waals surface area contributed by atoms with Gasteiger partial charge in [0.15, 0.2) is 0 Å². The number of carbonyl (C=O) groups is 2. The summed E-state index contributed by atoms with van der Waals surface area (Å²) in [6, 6.07) is 5.81. The quantitative estimate of drug-likeness (QED) is 0.238. The fraction of sp³-hybridized carbons (Fsp3) is 0.697. The molecule has 0 radical (unpaired) electrons. The lowest BCUT2D eigenvalue weighted by Gasteiger charge is -2.35. The van der Waals surface area contributed by atoms with Crippen LogP contribution >= 0.6 is 0 Å². The molecule has 1 aromatic heterocycles. The van der Waals surface area contributed by atoms with Crippen LogP contribution < -0.4 is 16.0 Å². The molecule has 1 aliphatic carbocycles. The van der Waals surface area contributed by atoms with E-state index in [1.165, 1.54) is 17.5 Å². The standard InChI is InChI=1S/C33H53N5O5/c1-24-12-13-28-29(23-37(30(28)21-24)15-16-42-19-20-43-18-17-41-4)35-22-27-11-8-14-38(27)33(40)31(26-9-6-5-7-10-26)36-32(39)25(2)34-3/h12-13,21,23,25-27,31,34-35H,5-11,14-20,22H2,1-4H3,(H,36,39)/t25-,27-,31-/m0/s1. The van der Waals surface area contributed by atoms with Gasteiger partial charge in [-0.05, 0) is 64.1 Å². The summed E-state index contributed by atoms with van der Waals surface area (Å²) in [6.07, 6.45) is 9.51. The van der Waals surface area contributed by atoms with E-state index in [1.54, 1.807) is 14.2 Å². The van der Waals surface area contributed by atoms with E-state index >= 15 is 0 Å². The van der Waals surface area contributed by atoms with Crippen LogP contribution in [-0.4, -0.2) is 99.7 Å². The van der Waals surface area contributed by atoms with Crippen molar-refractivity contribution in [2.24, 2.45) is 5.92 Å². The van der Waals surface area contributed by atoms with Gasteiger partial charge in [-0.1, -0.05) is 31.4 Å². The molecule has 1 aromatic carbocycles. The predicted molar refractivity (Wildman–Crippen MR) is 170 cm³/mol. The molecule has 3 atom stereocenters. The fourth-order valence-electron chi connectivity index (χ4n) is 6.36. The molecular formula is C33H53N5O5. The minimum Gasteiger partial charge on any atom is -0.382 e. The summed E-state index contributed by atoms with van der Waals surface area (Å²) < 4.78 is 18.6. The van der Waals surface area contributed by atoms with Crippen LogP contribution in [-0.2, 0) is 30.3 Å². The van der Waals surface area contributed by atoms with E-state index in [4.69, 9.17) is 14.2 Å². The Morgan fingerprint density at radius 3 is 2.49 bits per heavy atom. The Morgan fingerprint density at radius 2 is 1.74 bits per heavy atom. The Morgan fingerprint density at radius 1 is 1.00 bits per heavy atom. The zero-order valence-corrected chi connectivity index (χ0v) is 26.7. The van der Waals surface area contributed by atoms with E-state index in [9.17, 15) is 9.59 Å². The van der Waals surface area contributed by atoms with Gasteiger partial charge in [-0.3, -0.25) is 9.59 Å². The normalized spacial score (nSPS) is 19.1. The second kappa shape index (κ2) is 17.0. The first-order chi connectivity index (χ1) is 20.9. The van der Waals surface area contributed by atoms with Gasteiger partial charge in [0.2, 0.25) is 11.8 Å². The maximum Gasteiger partial charge on any atom is 0.245 e. The van der Waals surface area contributed by atoms with Crippen LogP contribution in [0.5, 0.6) is 0 Å². The summed E-state index contributed by atoms with van der Waals surface area (Å²) in [5.74, 6) is 0.170. The number of carbonyl (C=O) groups excluding carboxylic acids is 2. The molecule has 43 heavy (non-hydrogen) atoms. The van der Waals surface area contributed by atoms with Crippen molar-refractivity contribution in [3.05, 3.63) is 30.0 Å². The highest BCUT2D eigenvalue weighted by Crippen LogP contribution is 2.31. The summed E-state index contributed by atoms with van der Waals surface area (Å²) in [7, 11) is 3.44. The Balaban J connectivity index is 1.39. The second-order valence-corrected chi connectivity index (χ2v) is 12.1. The predicted octanol–water partition coefficient (Wildman–Crippen LogP) is 3.71. The van der Waals surface area contributed by atoms with Gasteiger partial charge in [0.1, 0.15) is 6.04 Å². The van der Waals surface area contributed by atoms with Crippen molar-refractivity contribution in [3.63, 3.8) is 0 Å². The topological polar surface area (TPSA) is 106 Å². The first kappa shape index (κ1) is 33.2. The van der Waals surface area contributed by atoms with E-state index in [2.05, 4.69) is 51.8 Å². The molecular weight excluding hydrogens is 546 g/mol. The highest BCUT2D eigenvalue weighted by atomic mass is 16.5. The van der Waals surface area contributed by atoms with E-state index in [0.29, 0.717) is 39.6 Å². The Kier molecular flexibility index (Phi) is 13.1. The summed E-state index contributed by atoms with van der Waals surface area (Å²) >= 11 is 0. The lowest BCUT2D eigenvalue weighted by molar-refractivity contribution is -0.139. The van der Waals surface area contributed by atoms with Crippen LogP contribution in [0.1, 0.15) is 57.4 Å². The number of benzene rings is 1. The highest BCUT2D eigenvalue weighted by Gasteiger charge is 2.38. The maximum atomic E-state index is 14.0. The van der Waals surface area contributed by atoms with E-state index in [1.807, 2.05) is 11.8 Å². The van der Waals surface area contributed by atoms with Gasteiger partial charge in [0, 0.05) is 44.4 Å². The van der Waals surface area contributed by atoms with Crippen LogP contribution in [0.3, 0.4) is 0 Å². The molecule has 0 unspecified atom stereocenters. The highest BCUT2D eigenvalue weighted by molar-refractivity contribution is 5.93. The number of rotatable bonds is 17. The molecule has 10 nitrogen and oxygen atoms in total. The van der Waals surface area contributed by atoms with Crippen molar-refractivity contribution in [1.82, 2.24) is 20.1 Å². The van der Waals surface area contributed by atoms with Crippen molar-refractivity contribution in [3.8, 4) is 0 Å². The summed E-state index contributed by atoms with van der Waals surface area (Å²) in [4.78, 5) is 28.9. The first-order valence-electron chi connectivity index (χ1n) is 16.2. The number of amides is 2. The van der Waals surface area contributed by atoms with Crippen LogP contribution in [0.2, 0.25) is 0 Å². The maximum absolute atomic E-state index is 14.0. The monoisotopic (exact) mass is 599 g/mol. The smallest absolute Gasteiger partial charge is 0.245 e. The molecule has 240 valence electrons. The third kappa shape index (κ3) is 9.17. The van der Waals surface area contributed by atoms with Gasteiger partial charge >= 0.3 is 0 Å². The van der Waals surface area contributed by atoms with Crippen LogP contribution in [0, 0.1) is 12.8 Å². The summed E-state index contributed by atoms with van der Waals surface area (Å²) in [5, 5.41) is 11.0. The average molecular weight is 600 g/mol. The molecule has 0 bridgehead atoms. The van der Waals surface area contributed by atoms with Gasteiger partial charge < -0.3 is 39.6 Å². The molecule has 0 spiro atoms. The van der Waals surface area contributed by atoms with E-state index < -0.39 is 6.04 Å². The lowest BCUT2D eigenvalue weighted by atomic mass is 9.83. The van der Waals surface area contributed by atoms with Gasteiger partial charge in [0.25, 0.3) is 0 Å². The van der Waals surface area contributed by atoms with Gasteiger partial charge in [-0.15, -0.1) is 0 Å². The fourth-order valence-corrected chi connectivity index (χ4v) is 6.36. The second-order valence-electron chi connectivity index (χ2n) is 12.1. The zero-order chi connectivity index (χ0) is 30.6. The Bertz CT molecular complexity index is 1160. The molecule has 1 saturated heterocycles. The lowest BCUT2D eigenvalue weighted by Crippen LogP contribution is -2.57. The molecule has 2 fully saturated rings. The average Bonchev–Trinajstić information content (AvgIpc) is 3.63. The SMILES string of the molecule is CN[C@@H](C)C(=O)N[C@H](C(=O)N1CCC[C@H]1CNc1cn(CCOCCOCCOC)c2cc(C)ccc12)C1CCCCC1. The van der Waals surface area contributed by atoms with Crippen molar-refractivity contribution in [2.45, 2.75) is 83.5 Å². The number of hydrogen-bond donors (Lipinski definition) is 3. The number of anilines is 1. The van der Waals surface area contributed by atoms with Gasteiger partial charge in [0.05, 0.1) is 50.3 Å². The minimum atomic E-state index is -0.459. The third-order valence-corrected chi connectivity index (χ3v) is 9.02. The number of nitrogens with one attached hydrogen (secondary N) is 3. The molecule has 1 saturated carbocycles. The van der Waals surface area contributed by atoms with Crippen LogP contribution in [0.15, 0.2) is 24.4 Å². The number of methoxy groups -OCH3 is 1. The zero-order valence-electron chi connectivity index (χ0n) is 26.7. The van der Waals surface area contributed by atoms with Crippen molar-refractivity contribution < 1.29 is 23.8 Å². The van der Waals surface area contributed by atoms with Crippen molar-refractivity contribution in [2.75, 3.05) is 65.6 Å². The molecule has 1 aliphatic heterocycles. The number of ether oxygens (including phenoxy) is 3. The molecule has 4 rings (SSSR count). The van der Waals surface area contributed by atoms with Gasteiger partial charge in [-0.2, -0.15) is 0 Å². The van der Waals surface area contributed by atoms with Crippen molar-refractivity contribution >= 4 is 28.4 Å². The van der Waals surface area contributed by atoms with Crippen LogP contribution in [0.4, 0.5) is 5.69 Å². The van der Waals surface area contributed by atoms with E-state index in [0.717, 1.165) is 62.7 Å². The summed E-state index contributed by atoms with van der Waals surface area (Å²) in [6.45, 7) is 8.95. The van der Waals surface area contributed by atoms with E-state index in [-0.39, 0.29) is 29.8 Å². The molecule has 2 heterocycles. The van der Waals surface area contributed by atoms with Crippen LogP contribution in [0.25, 0.3) is 10.9 Å². The number of hydrogen-bond acceptors (Lipinski definition) is 7. The molecule has 10 heteroatoms. The Labute approximate surface area is 257 Å². The molecule has 2 aromatic rings. The number of likely N-dealkylation sites (N-methyl/N-ethyl adjacent to an activating group) is 1. The summed E-state index contributed by atoms with van der Waals surface area (Å²) in [5.41, 5.74) is 3.44. The minimum absolute atomic E-state index is 0.0780. The number of nitrogens with zero attached hydrogens (tertiary/aromatic N) is 2. The number of fused-ring (bicyclic) bond motifs is 1. The molecule has 2 aliphatic rings. The first-order valence-corrected chi connectivity index (χ1v) is 16.2. The number of likely N-dealkylation sites (tertiary alicyclic amines) is 1. The largest absolute Gasteiger partial charge is 0.382 e. The Hall–Kier alpha value is -2.66. The molecule has 3 N–H and O–H groups in total. The van der Waals surface area contributed by atoms with Gasteiger partial charge in [-0.25, -0.2) is 0 Å². The van der Waals surface area contributed by atoms with Crippen molar-refractivity contribution in [1.29, 1.82) is 0 Å². The number of aromatic nitrogens is 1. The number of aryl methyl sites for hydroxylation is 1.